The van der Waals surface area contributed by atoms with Crippen molar-refractivity contribution in [1.82, 2.24) is 10.3 Å². The van der Waals surface area contributed by atoms with Crippen LogP contribution in [0.3, 0.4) is 0 Å². The lowest BCUT2D eigenvalue weighted by Crippen LogP contribution is -2.33. The molecule has 1 amide bonds. The molecule has 0 aromatic carbocycles. The first-order valence-electron chi connectivity index (χ1n) is 6.63. The van der Waals surface area contributed by atoms with Crippen LogP contribution in [0.5, 0.6) is 0 Å². The van der Waals surface area contributed by atoms with Gasteiger partial charge in [-0.05, 0) is 39.2 Å². The molecule has 1 heterocycles. The average Bonchev–Trinajstić information content (AvgIpc) is 2.33. The summed E-state index contributed by atoms with van der Waals surface area (Å²) < 4.78 is 5.10. The van der Waals surface area contributed by atoms with Crippen molar-refractivity contribution in [2.45, 2.75) is 39.2 Å². The Kier molecular flexibility index (Phi) is 5.52. The van der Waals surface area contributed by atoms with E-state index in [2.05, 4.69) is 10.3 Å². The highest BCUT2D eigenvalue weighted by atomic mass is 16.6. The number of hydrogen-bond acceptors (Lipinski definition) is 5. The molecular weight excluding hydrogens is 274 g/mol. The fourth-order valence-corrected chi connectivity index (χ4v) is 1.67. The van der Waals surface area contributed by atoms with E-state index in [0.717, 1.165) is 0 Å². The standard InChI is InChI=1S/C14H21N3O4/c1-14(2,3)21-13(20)17-6-4-5-9-7-16-8-10(11(9)15)12(18)19/h7-8H,4-6H2,1-3H3,(H2,15,16)(H,17,20)(H,18,19). The largest absolute Gasteiger partial charge is 0.478 e. The number of amides is 1. The van der Waals surface area contributed by atoms with Crippen LogP contribution in [-0.2, 0) is 11.2 Å². The van der Waals surface area contributed by atoms with E-state index in [1.807, 2.05) is 0 Å². The van der Waals surface area contributed by atoms with Gasteiger partial charge in [0.2, 0.25) is 0 Å². The molecule has 1 rings (SSSR count). The minimum atomic E-state index is -1.10. The van der Waals surface area contributed by atoms with Crippen molar-refractivity contribution in [2.24, 2.45) is 0 Å². The van der Waals surface area contributed by atoms with Gasteiger partial charge < -0.3 is 20.9 Å². The molecule has 4 N–H and O–H groups in total. The summed E-state index contributed by atoms with van der Waals surface area (Å²) in [7, 11) is 0. The molecule has 1 aromatic rings. The Bertz CT molecular complexity index is 523. The van der Waals surface area contributed by atoms with Crippen molar-refractivity contribution in [3.8, 4) is 0 Å². The molecule has 0 saturated heterocycles. The fraction of sp³-hybridized carbons (Fsp3) is 0.500. The first kappa shape index (κ1) is 16.7. The average molecular weight is 295 g/mol. The van der Waals surface area contributed by atoms with Gasteiger partial charge in [-0.25, -0.2) is 9.59 Å². The number of alkyl carbamates (subject to hydrolysis) is 1. The molecule has 7 nitrogen and oxygen atoms in total. The second kappa shape index (κ2) is 6.92. The van der Waals surface area contributed by atoms with Crippen LogP contribution in [0.4, 0.5) is 10.5 Å². The number of nitrogens with one attached hydrogen (secondary N) is 1. The van der Waals surface area contributed by atoms with E-state index in [1.165, 1.54) is 12.4 Å². The number of aryl methyl sites for hydroxylation is 1. The molecule has 0 atom stereocenters. The van der Waals surface area contributed by atoms with E-state index in [4.69, 9.17) is 15.6 Å². The number of carboxylic acid groups (broad SMARTS) is 1. The third-order valence-corrected chi connectivity index (χ3v) is 2.59. The molecule has 0 fully saturated rings. The van der Waals surface area contributed by atoms with Gasteiger partial charge >= 0.3 is 12.1 Å². The highest BCUT2D eigenvalue weighted by Crippen LogP contribution is 2.17. The van der Waals surface area contributed by atoms with Crippen LogP contribution in [0.25, 0.3) is 0 Å². The maximum absolute atomic E-state index is 11.4. The number of nitrogen functional groups attached to an aromatic ring is 1. The number of nitrogens with two attached hydrogens (primary N) is 1. The van der Waals surface area contributed by atoms with Crippen LogP contribution < -0.4 is 11.1 Å². The molecule has 0 aliphatic rings. The highest BCUT2D eigenvalue weighted by Gasteiger charge is 2.15. The van der Waals surface area contributed by atoms with Gasteiger partial charge in [0.1, 0.15) is 11.2 Å². The van der Waals surface area contributed by atoms with Gasteiger partial charge in [-0.2, -0.15) is 0 Å². The Morgan fingerprint density at radius 3 is 2.62 bits per heavy atom. The molecule has 0 spiro atoms. The normalized spacial score (nSPS) is 11.0. The molecule has 0 saturated carbocycles. The van der Waals surface area contributed by atoms with Crippen molar-refractivity contribution in [1.29, 1.82) is 0 Å². The predicted octanol–water partition coefficient (Wildman–Crippen LogP) is 1.82. The van der Waals surface area contributed by atoms with E-state index >= 15 is 0 Å². The zero-order valence-corrected chi connectivity index (χ0v) is 12.5. The summed E-state index contributed by atoms with van der Waals surface area (Å²) in [6, 6.07) is 0. The number of ether oxygens (including phenoxy) is 1. The smallest absolute Gasteiger partial charge is 0.407 e. The van der Waals surface area contributed by atoms with Crippen LogP contribution >= 0.6 is 0 Å². The lowest BCUT2D eigenvalue weighted by Gasteiger charge is -2.19. The summed E-state index contributed by atoms with van der Waals surface area (Å²) in [5.41, 5.74) is 6.11. The Morgan fingerprint density at radius 1 is 1.38 bits per heavy atom. The molecule has 0 aliphatic carbocycles. The molecular formula is C14H21N3O4. The zero-order chi connectivity index (χ0) is 16.0. The van der Waals surface area contributed by atoms with Crippen LogP contribution in [-0.4, -0.2) is 34.3 Å². The van der Waals surface area contributed by atoms with Gasteiger partial charge in [-0.1, -0.05) is 0 Å². The monoisotopic (exact) mass is 295 g/mol. The number of anilines is 1. The summed E-state index contributed by atoms with van der Waals surface area (Å²) in [6.45, 7) is 5.77. The molecule has 116 valence electrons. The predicted molar refractivity (Wildman–Crippen MR) is 78.2 cm³/mol. The zero-order valence-electron chi connectivity index (χ0n) is 12.5. The minimum Gasteiger partial charge on any atom is -0.478 e. The molecule has 7 heteroatoms. The van der Waals surface area contributed by atoms with E-state index in [9.17, 15) is 9.59 Å². The number of rotatable bonds is 5. The van der Waals surface area contributed by atoms with Crippen molar-refractivity contribution < 1.29 is 19.4 Å². The number of hydrogen-bond donors (Lipinski definition) is 3. The third-order valence-electron chi connectivity index (χ3n) is 2.59. The van der Waals surface area contributed by atoms with Gasteiger partial charge in [0.05, 0.1) is 5.69 Å². The number of carbonyl (C=O) groups excluding carboxylic acids is 1. The van der Waals surface area contributed by atoms with E-state index in [0.29, 0.717) is 24.9 Å². The Labute approximate surface area is 123 Å². The second-order valence-electron chi connectivity index (χ2n) is 5.60. The molecule has 0 radical (unpaired) electrons. The second-order valence-corrected chi connectivity index (χ2v) is 5.60. The Morgan fingerprint density at radius 2 is 2.05 bits per heavy atom. The SMILES string of the molecule is CC(C)(C)OC(=O)NCCCc1cncc(C(=O)O)c1N. The van der Waals surface area contributed by atoms with Crippen molar-refractivity contribution >= 4 is 17.7 Å². The Hall–Kier alpha value is -2.31. The van der Waals surface area contributed by atoms with Gasteiger partial charge in [-0.3, -0.25) is 4.98 Å². The van der Waals surface area contributed by atoms with Crippen LogP contribution in [0, 0.1) is 0 Å². The van der Waals surface area contributed by atoms with Crippen molar-refractivity contribution in [3.05, 3.63) is 23.5 Å². The third kappa shape index (κ3) is 5.68. The highest BCUT2D eigenvalue weighted by molar-refractivity contribution is 5.93. The van der Waals surface area contributed by atoms with Crippen molar-refractivity contribution in [3.63, 3.8) is 0 Å². The number of pyridine rings is 1. The number of aromatic nitrogens is 1. The summed E-state index contributed by atoms with van der Waals surface area (Å²) in [6.07, 6.45) is 3.41. The van der Waals surface area contributed by atoms with Crippen LogP contribution in [0.1, 0.15) is 43.1 Å². The van der Waals surface area contributed by atoms with Crippen LogP contribution in [0.15, 0.2) is 12.4 Å². The van der Waals surface area contributed by atoms with Gasteiger partial charge in [0.15, 0.2) is 0 Å². The minimum absolute atomic E-state index is 0.00685. The lowest BCUT2D eigenvalue weighted by molar-refractivity contribution is 0.0526. The molecule has 1 aromatic heterocycles. The van der Waals surface area contributed by atoms with Gasteiger partial charge in [0.25, 0.3) is 0 Å². The summed E-state index contributed by atoms with van der Waals surface area (Å²) in [4.78, 5) is 26.2. The van der Waals surface area contributed by atoms with E-state index in [1.54, 1.807) is 20.8 Å². The quantitative estimate of drug-likeness (QED) is 0.714. The molecule has 21 heavy (non-hydrogen) atoms. The molecule has 0 unspecified atom stereocenters. The number of carbonyl (C=O) groups is 2. The summed E-state index contributed by atoms with van der Waals surface area (Å²) >= 11 is 0. The van der Waals surface area contributed by atoms with Crippen LogP contribution in [0.2, 0.25) is 0 Å². The van der Waals surface area contributed by atoms with Crippen molar-refractivity contribution in [2.75, 3.05) is 12.3 Å². The first-order valence-corrected chi connectivity index (χ1v) is 6.63. The van der Waals surface area contributed by atoms with Gasteiger partial charge in [0, 0.05) is 18.9 Å². The van der Waals surface area contributed by atoms with E-state index in [-0.39, 0.29) is 11.3 Å². The molecule has 0 bridgehead atoms. The fourth-order valence-electron chi connectivity index (χ4n) is 1.67. The number of nitrogens with zero attached hydrogens (tertiary/aromatic N) is 1. The molecule has 0 aliphatic heterocycles. The number of carboxylic acids is 1. The summed E-state index contributed by atoms with van der Waals surface area (Å²) in [5.74, 6) is -1.10. The number of aromatic carboxylic acids is 1. The maximum Gasteiger partial charge on any atom is 0.407 e. The summed E-state index contributed by atoms with van der Waals surface area (Å²) in [5, 5.41) is 11.6. The van der Waals surface area contributed by atoms with Gasteiger partial charge in [-0.15, -0.1) is 0 Å². The maximum atomic E-state index is 11.4. The first-order chi connectivity index (χ1) is 9.70. The lowest BCUT2D eigenvalue weighted by atomic mass is 10.1. The topological polar surface area (TPSA) is 115 Å². The Balaban J connectivity index is 2.45. The van der Waals surface area contributed by atoms with E-state index < -0.39 is 17.7 Å².